The van der Waals surface area contributed by atoms with Crippen LogP contribution in [0.1, 0.15) is 0 Å². The van der Waals surface area contributed by atoms with Gasteiger partial charge in [-0.05, 0) is 12.1 Å². The van der Waals surface area contributed by atoms with Gasteiger partial charge in [0.1, 0.15) is 12.4 Å². The van der Waals surface area contributed by atoms with E-state index in [0.29, 0.717) is 50.9 Å². The van der Waals surface area contributed by atoms with E-state index in [1.165, 1.54) is 0 Å². The van der Waals surface area contributed by atoms with Crippen molar-refractivity contribution in [2.24, 2.45) is 5.73 Å². The minimum absolute atomic E-state index is 0.132. The molecule has 6 heteroatoms. The Morgan fingerprint density at radius 3 is 2.84 bits per heavy atom. The van der Waals surface area contributed by atoms with Gasteiger partial charge in [-0.2, -0.15) is 0 Å². The monoisotopic (exact) mass is 265 g/mol. The summed E-state index contributed by atoms with van der Waals surface area (Å²) in [6.45, 7) is 3.24. The van der Waals surface area contributed by atoms with Gasteiger partial charge in [0.15, 0.2) is 0 Å². The standard InChI is InChI=1S/C13H19N3O3/c14-5-8-19-12-4-2-1-3-11(12)15-13(17)16-6-9-18-10-7-16/h1-4H,5-10,14H2,(H,15,17). The minimum atomic E-state index is -0.132. The summed E-state index contributed by atoms with van der Waals surface area (Å²) in [6.07, 6.45) is 0. The highest BCUT2D eigenvalue weighted by Crippen LogP contribution is 2.24. The zero-order valence-electron chi connectivity index (χ0n) is 10.8. The van der Waals surface area contributed by atoms with Crippen LogP contribution >= 0.6 is 0 Å². The highest BCUT2D eigenvalue weighted by molar-refractivity contribution is 5.91. The largest absolute Gasteiger partial charge is 0.490 e. The highest BCUT2D eigenvalue weighted by atomic mass is 16.5. The van der Waals surface area contributed by atoms with E-state index >= 15 is 0 Å². The van der Waals surface area contributed by atoms with Crippen LogP contribution in [0.15, 0.2) is 24.3 Å². The third-order valence-corrected chi connectivity index (χ3v) is 2.80. The molecule has 0 unspecified atom stereocenters. The first-order chi connectivity index (χ1) is 9.31. The van der Waals surface area contributed by atoms with Crippen molar-refractivity contribution in [2.45, 2.75) is 0 Å². The Kier molecular flexibility index (Phi) is 5.00. The maximum atomic E-state index is 12.1. The maximum Gasteiger partial charge on any atom is 0.322 e. The molecule has 0 saturated carbocycles. The van der Waals surface area contributed by atoms with Crippen LogP contribution < -0.4 is 15.8 Å². The fraction of sp³-hybridized carbons (Fsp3) is 0.462. The number of rotatable bonds is 4. The molecule has 1 aromatic rings. The molecular weight excluding hydrogens is 246 g/mol. The molecule has 1 fully saturated rings. The maximum absolute atomic E-state index is 12.1. The van der Waals surface area contributed by atoms with Crippen molar-refractivity contribution in [1.29, 1.82) is 0 Å². The lowest BCUT2D eigenvalue weighted by molar-refractivity contribution is 0.0564. The Labute approximate surface area is 112 Å². The SMILES string of the molecule is NCCOc1ccccc1NC(=O)N1CCOCC1. The zero-order chi connectivity index (χ0) is 13.5. The van der Waals surface area contributed by atoms with Gasteiger partial charge in [-0.15, -0.1) is 0 Å². The van der Waals surface area contributed by atoms with Crippen molar-refractivity contribution in [1.82, 2.24) is 4.90 Å². The lowest BCUT2D eigenvalue weighted by atomic mass is 10.3. The van der Waals surface area contributed by atoms with Crippen LogP contribution in [0.2, 0.25) is 0 Å². The number of carbonyl (C=O) groups excluding carboxylic acids is 1. The highest BCUT2D eigenvalue weighted by Gasteiger charge is 2.17. The molecule has 0 bridgehead atoms. The number of nitrogens with one attached hydrogen (secondary N) is 1. The number of nitrogens with zero attached hydrogens (tertiary/aromatic N) is 1. The molecule has 6 nitrogen and oxygen atoms in total. The van der Waals surface area contributed by atoms with Crippen LogP contribution in [0.25, 0.3) is 0 Å². The Morgan fingerprint density at radius 2 is 2.11 bits per heavy atom. The Balaban J connectivity index is 1.99. The molecule has 0 radical (unpaired) electrons. The molecule has 1 saturated heterocycles. The van der Waals surface area contributed by atoms with Crippen molar-refractivity contribution >= 4 is 11.7 Å². The van der Waals surface area contributed by atoms with E-state index in [0.717, 1.165) is 0 Å². The van der Waals surface area contributed by atoms with Gasteiger partial charge in [0.05, 0.1) is 18.9 Å². The summed E-state index contributed by atoms with van der Waals surface area (Å²) in [5.74, 6) is 0.634. The molecule has 19 heavy (non-hydrogen) atoms. The van der Waals surface area contributed by atoms with Gasteiger partial charge >= 0.3 is 6.03 Å². The van der Waals surface area contributed by atoms with Gasteiger partial charge in [0.2, 0.25) is 0 Å². The molecule has 3 N–H and O–H groups in total. The summed E-state index contributed by atoms with van der Waals surface area (Å²) in [7, 11) is 0. The van der Waals surface area contributed by atoms with E-state index in [9.17, 15) is 4.79 Å². The second-order valence-corrected chi connectivity index (χ2v) is 4.16. The quantitative estimate of drug-likeness (QED) is 0.847. The van der Waals surface area contributed by atoms with Crippen LogP contribution in [0.4, 0.5) is 10.5 Å². The predicted octanol–water partition coefficient (Wildman–Crippen LogP) is 0.888. The van der Waals surface area contributed by atoms with Gasteiger partial charge in [0.25, 0.3) is 0 Å². The number of anilines is 1. The molecule has 0 atom stereocenters. The number of benzene rings is 1. The van der Waals surface area contributed by atoms with Crippen molar-refractivity contribution in [3.8, 4) is 5.75 Å². The molecule has 2 amide bonds. The van der Waals surface area contributed by atoms with Gasteiger partial charge in [-0.25, -0.2) is 4.79 Å². The fourth-order valence-corrected chi connectivity index (χ4v) is 1.83. The molecule has 0 spiro atoms. The number of ether oxygens (including phenoxy) is 2. The smallest absolute Gasteiger partial charge is 0.322 e. The van der Waals surface area contributed by atoms with Gasteiger partial charge < -0.3 is 25.4 Å². The van der Waals surface area contributed by atoms with Crippen molar-refractivity contribution in [2.75, 3.05) is 44.8 Å². The summed E-state index contributed by atoms with van der Waals surface area (Å²) in [6, 6.07) is 7.20. The fourth-order valence-electron chi connectivity index (χ4n) is 1.83. The van der Waals surface area contributed by atoms with Crippen LogP contribution in [0, 0.1) is 0 Å². The number of hydrogen-bond donors (Lipinski definition) is 2. The van der Waals surface area contributed by atoms with Crippen LogP contribution in [0.3, 0.4) is 0 Å². The second kappa shape index (κ2) is 6.96. The second-order valence-electron chi connectivity index (χ2n) is 4.16. The van der Waals surface area contributed by atoms with Crippen LogP contribution in [-0.4, -0.2) is 50.4 Å². The van der Waals surface area contributed by atoms with Crippen LogP contribution in [0.5, 0.6) is 5.75 Å². The number of nitrogens with two attached hydrogens (primary N) is 1. The number of morpholine rings is 1. The summed E-state index contributed by atoms with van der Waals surface area (Å²) >= 11 is 0. The van der Waals surface area contributed by atoms with E-state index in [1.807, 2.05) is 24.3 Å². The molecule has 2 rings (SSSR count). The summed E-state index contributed by atoms with van der Waals surface area (Å²) in [5, 5.41) is 2.85. The van der Waals surface area contributed by atoms with Crippen molar-refractivity contribution in [3.63, 3.8) is 0 Å². The molecule has 1 aromatic carbocycles. The van der Waals surface area contributed by atoms with Crippen molar-refractivity contribution in [3.05, 3.63) is 24.3 Å². The molecule has 104 valence electrons. The average molecular weight is 265 g/mol. The average Bonchev–Trinajstić information content (AvgIpc) is 2.47. The molecule has 1 aliphatic heterocycles. The third kappa shape index (κ3) is 3.84. The van der Waals surface area contributed by atoms with E-state index in [-0.39, 0.29) is 6.03 Å². The molecule has 1 heterocycles. The van der Waals surface area contributed by atoms with Gasteiger partial charge in [-0.3, -0.25) is 0 Å². The molecular formula is C13H19N3O3. The van der Waals surface area contributed by atoms with Gasteiger partial charge in [0, 0.05) is 19.6 Å². The zero-order valence-corrected chi connectivity index (χ0v) is 10.8. The lowest BCUT2D eigenvalue weighted by Gasteiger charge is -2.27. The lowest BCUT2D eigenvalue weighted by Crippen LogP contribution is -2.43. The van der Waals surface area contributed by atoms with Crippen molar-refractivity contribution < 1.29 is 14.3 Å². The van der Waals surface area contributed by atoms with Gasteiger partial charge in [-0.1, -0.05) is 12.1 Å². The number of amides is 2. The van der Waals surface area contributed by atoms with E-state index < -0.39 is 0 Å². The first-order valence-electron chi connectivity index (χ1n) is 6.37. The number of urea groups is 1. The minimum Gasteiger partial charge on any atom is -0.490 e. The molecule has 0 aliphatic carbocycles. The first-order valence-corrected chi connectivity index (χ1v) is 6.37. The summed E-state index contributed by atoms with van der Waals surface area (Å²) in [5.41, 5.74) is 6.07. The van der Waals surface area contributed by atoms with E-state index in [4.69, 9.17) is 15.2 Å². The molecule has 0 aromatic heterocycles. The summed E-state index contributed by atoms with van der Waals surface area (Å²) < 4.78 is 10.7. The first kappa shape index (κ1) is 13.6. The number of hydrogen-bond acceptors (Lipinski definition) is 4. The Morgan fingerprint density at radius 1 is 1.37 bits per heavy atom. The predicted molar refractivity (Wildman–Crippen MR) is 72.4 cm³/mol. The number of carbonyl (C=O) groups is 1. The normalized spacial score (nSPS) is 15.1. The van der Waals surface area contributed by atoms with E-state index in [1.54, 1.807) is 4.90 Å². The van der Waals surface area contributed by atoms with Crippen LogP contribution in [-0.2, 0) is 4.74 Å². The summed E-state index contributed by atoms with van der Waals surface area (Å²) in [4.78, 5) is 13.8. The topological polar surface area (TPSA) is 76.8 Å². The number of para-hydroxylation sites is 2. The van der Waals surface area contributed by atoms with E-state index in [2.05, 4.69) is 5.32 Å². The third-order valence-electron chi connectivity index (χ3n) is 2.80. The Hall–Kier alpha value is -1.79. The Bertz CT molecular complexity index is 419. The molecule has 1 aliphatic rings.